The van der Waals surface area contributed by atoms with Crippen LogP contribution in [0.15, 0.2) is 30.5 Å². The number of aryl methyl sites for hydroxylation is 1. The smallest absolute Gasteiger partial charge is 0.253 e. The Morgan fingerprint density at radius 3 is 2.52 bits per heavy atom. The summed E-state index contributed by atoms with van der Waals surface area (Å²) in [4.78, 5) is 26.5. The molecule has 0 bridgehead atoms. The highest BCUT2D eigenvalue weighted by molar-refractivity contribution is 5.94. The molecule has 0 saturated carbocycles. The number of piperidine rings is 1. The van der Waals surface area contributed by atoms with Gasteiger partial charge in [-0.15, -0.1) is 0 Å². The first-order valence-electron chi connectivity index (χ1n) is 10.8. The van der Waals surface area contributed by atoms with Gasteiger partial charge in [-0.2, -0.15) is 0 Å². The average molecular weight is 393 g/mol. The second kappa shape index (κ2) is 7.41. The average Bonchev–Trinajstić information content (AvgIpc) is 3.30. The number of carbonyl (C=O) groups is 1. The number of carbonyl (C=O) groups excluding carboxylic acids is 1. The number of hydrogen-bond donors (Lipinski definition) is 0. The monoisotopic (exact) mass is 392 g/mol. The van der Waals surface area contributed by atoms with E-state index in [2.05, 4.69) is 22.0 Å². The van der Waals surface area contributed by atoms with E-state index < -0.39 is 0 Å². The van der Waals surface area contributed by atoms with Gasteiger partial charge in [-0.05, 0) is 68.9 Å². The summed E-state index contributed by atoms with van der Waals surface area (Å²) in [5.74, 6) is 0.896. The summed E-state index contributed by atoms with van der Waals surface area (Å²) < 4.78 is 6.26. The van der Waals surface area contributed by atoms with E-state index in [1.165, 1.54) is 24.1 Å². The van der Waals surface area contributed by atoms with Crippen LogP contribution in [0.5, 0.6) is 0 Å². The van der Waals surface area contributed by atoms with Gasteiger partial charge in [-0.25, -0.2) is 9.97 Å². The van der Waals surface area contributed by atoms with E-state index in [1.807, 2.05) is 30.2 Å². The maximum Gasteiger partial charge on any atom is 0.253 e. The van der Waals surface area contributed by atoms with Crippen LogP contribution in [0, 0.1) is 6.92 Å². The highest BCUT2D eigenvalue weighted by atomic mass is 16.5. The topological polar surface area (TPSA) is 58.6 Å². The van der Waals surface area contributed by atoms with Gasteiger partial charge in [-0.3, -0.25) is 4.79 Å². The first kappa shape index (κ1) is 18.6. The van der Waals surface area contributed by atoms with Crippen molar-refractivity contribution in [1.29, 1.82) is 0 Å². The number of likely N-dealkylation sites (tertiary alicyclic amines) is 1. The number of fused-ring (bicyclic) bond motifs is 2. The van der Waals surface area contributed by atoms with Crippen LogP contribution in [0.3, 0.4) is 0 Å². The number of ether oxygens (including phenoxy) is 1. The Bertz CT molecular complexity index is 898. The molecule has 2 fully saturated rings. The SMILES string of the molecule is Cc1ncc2c(n1)C1(CCN(C(=O)c3ccc(N4CCCC4)cc3)CC1)OCC2. The number of rotatable bonds is 2. The summed E-state index contributed by atoms with van der Waals surface area (Å²) in [5.41, 5.74) is 3.86. The van der Waals surface area contributed by atoms with Crippen LogP contribution in [-0.4, -0.2) is 53.6 Å². The van der Waals surface area contributed by atoms with Gasteiger partial charge in [0.05, 0.1) is 12.3 Å². The molecule has 0 aliphatic carbocycles. The van der Waals surface area contributed by atoms with Crippen molar-refractivity contribution in [3.63, 3.8) is 0 Å². The maximum absolute atomic E-state index is 13.0. The third kappa shape index (κ3) is 3.39. The van der Waals surface area contributed by atoms with E-state index in [0.29, 0.717) is 19.7 Å². The number of benzene rings is 1. The second-order valence-electron chi connectivity index (χ2n) is 8.42. The van der Waals surface area contributed by atoms with E-state index in [-0.39, 0.29) is 11.5 Å². The van der Waals surface area contributed by atoms with Gasteiger partial charge in [0, 0.05) is 43.6 Å². The number of hydrogen-bond acceptors (Lipinski definition) is 5. The molecule has 4 heterocycles. The molecule has 1 spiro atoms. The molecule has 0 radical (unpaired) electrons. The molecule has 0 atom stereocenters. The number of aromatic nitrogens is 2. The number of amides is 1. The van der Waals surface area contributed by atoms with E-state index >= 15 is 0 Å². The molecule has 0 N–H and O–H groups in total. The minimum absolute atomic E-state index is 0.114. The minimum Gasteiger partial charge on any atom is -0.372 e. The van der Waals surface area contributed by atoms with Gasteiger partial charge in [-0.1, -0.05) is 0 Å². The Labute approximate surface area is 171 Å². The molecule has 6 nitrogen and oxygen atoms in total. The first-order valence-corrected chi connectivity index (χ1v) is 10.8. The Morgan fingerprint density at radius 2 is 1.79 bits per heavy atom. The third-order valence-corrected chi connectivity index (χ3v) is 6.61. The van der Waals surface area contributed by atoms with Crippen molar-refractivity contribution in [2.75, 3.05) is 37.7 Å². The predicted octanol–water partition coefficient (Wildman–Crippen LogP) is 3.09. The summed E-state index contributed by atoms with van der Waals surface area (Å²) in [6, 6.07) is 8.13. The van der Waals surface area contributed by atoms with Crippen LogP contribution in [0.1, 0.15) is 53.1 Å². The van der Waals surface area contributed by atoms with E-state index in [9.17, 15) is 4.79 Å². The van der Waals surface area contributed by atoms with Crippen LogP contribution >= 0.6 is 0 Å². The lowest BCUT2D eigenvalue weighted by atomic mass is 9.83. The summed E-state index contributed by atoms with van der Waals surface area (Å²) in [5, 5.41) is 0. The molecule has 2 saturated heterocycles. The Hall–Kier alpha value is -2.47. The van der Waals surface area contributed by atoms with Crippen LogP contribution < -0.4 is 4.90 Å². The fraction of sp³-hybridized carbons (Fsp3) is 0.522. The summed E-state index contributed by atoms with van der Waals surface area (Å²) in [6.45, 7) is 6.24. The van der Waals surface area contributed by atoms with E-state index in [0.717, 1.165) is 49.4 Å². The Balaban J connectivity index is 1.29. The standard InChI is InChI=1S/C23H28N4O2/c1-17-24-16-19-8-15-29-23(21(19)25-17)9-13-27(14-10-23)22(28)18-4-6-20(7-5-18)26-11-2-3-12-26/h4-7,16H,2-3,8-15H2,1H3. The highest BCUT2D eigenvalue weighted by Crippen LogP contribution is 2.40. The zero-order valence-electron chi connectivity index (χ0n) is 17.1. The second-order valence-corrected chi connectivity index (χ2v) is 8.42. The molecular formula is C23H28N4O2. The lowest BCUT2D eigenvalue weighted by Crippen LogP contribution is -2.49. The Kier molecular flexibility index (Phi) is 4.74. The molecule has 0 unspecified atom stereocenters. The van der Waals surface area contributed by atoms with Gasteiger partial charge in [0.2, 0.25) is 0 Å². The van der Waals surface area contributed by atoms with Crippen LogP contribution in [0.4, 0.5) is 5.69 Å². The van der Waals surface area contributed by atoms with Gasteiger partial charge in [0.15, 0.2) is 0 Å². The van der Waals surface area contributed by atoms with Gasteiger partial charge in [0.1, 0.15) is 11.4 Å². The quantitative estimate of drug-likeness (QED) is 0.786. The van der Waals surface area contributed by atoms with E-state index in [4.69, 9.17) is 9.72 Å². The molecule has 5 rings (SSSR count). The van der Waals surface area contributed by atoms with Crippen molar-refractivity contribution in [3.05, 3.63) is 53.1 Å². The van der Waals surface area contributed by atoms with Crippen molar-refractivity contribution >= 4 is 11.6 Å². The molecule has 1 amide bonds. The largest absolute Gasteiger partial charge is 0.372 e. The fourth-order valence-electron chi connectivity index (χ4n) is 4.92. The molecule has 29 heavy (non-hydrogen) atoms. The van der Waals surface area contributed by atoms with Crippen molar-refractivity contribution in [2.24, 2.45) is 0 Å². The zero-order chi connectivity index (χ0) is 19.8. The van der Waals surface area contributed by atoms with Crippen LogP contribution in [-0.2, 0) is 16.8 Å². The fourth-order valence-corrected chi connectivity index (χ4v) is 4.92. The lowest BCUT2D eigenvalue weighted by molar-refractivity contribution is -0.0968. The van der Waals surface area contributed by atoms with E-state index in [1.54, 1.807) is 0 Å². The predicted molar refractivity (Wildman–Crippen MR) is 111 cm³/mol. The highest BCUT2D eigenvalue weighted by Gasteiger charge is 2.43. The normalized spacial score (nSPS) is 20.7. The van der Waals surface area contributed by atoms with Crippen molar-refractivity contribution in [3.8, 4) is 0 Å². The molecule has 2 aromatic rings. The van der Waals surface area contributed by atoms with Gasteiger partial charge in [0.25, 0.3) is 5.91 Å². The van der Waals surface area contributed by atoms with Gasteiger partial charge < -0.3 is 14.5 Å². The molecular weight excluding hydrogens is 364 g/mol. The molecule has 3 aliphatic rings. The molecule has 1 aromatic carbocycles. The van der Waals surface area contributed by atoms with Crippen LogP contribution in [0.2, 0.25) is 0 Å². The molecule has 152 valence electrons. The van der Waals surface area contributed by atoms with Crippen LogP contribution in [0.25, 0.3) is 0 Å². The number of nitrogens with zero attached hydrogens (tertiary/aromatic N) is 4. The third-order valence-electron chi connectivity index (χ3n) is 6.61. The van der Waals surface area contributed by atoms with Crippen molar-refractivity contribution in [1.82, 2.24) is 14.9 Å². The molecule has 1 aromatic heterocycles. The molecule has 6 heteroatoms. The summed E-state index contributed by atoms with van der Waals surface area (Å²) in [6.07, 6.45) is 6.89. The van der Waals surface area contributed by atoms with Crippen molar-refractivity contribution < 1.29 is 9.53 Å². The van der Waals surface area contributed by atoms with Crippen molar-refractivity contribution in [2.45, 2.75) is 44.6 Å². The molecule has 3 aliphatic heterocycles. The summed E-state index contributed by atoms with van der Waals surface area (Å²) >= 11 is 0. The maximum atomic E-state index is 13.0. The summed E-state index contributed by atoms with van der Waals surface area (Å²) in [7, 11) is 0. The number of anilines is 1. The minimum atomic E-state index is -0.363. The Morgan fingerprint density at radius 1 is 1.07 bits per heavy atom. The first-order chi connectivity index (χ1) is 14.1. The zero-order valence-corrected chi connectivity index (χ0v) is 17.1. The van der Waals surface area contributed by atoms with Gasteiger partial charge >= 0.3 is 0 Å². The lowest BCUT2D eigenvalue weighted by Gasteiger charge is -2.44.